The maximum Gasteiger partial charge on any atom is 0.351 e. The molecule has 1 saturated heterocycles. The van der Waals surface area contributed by atoms with Gasteiger partial charge < -0.3 is 15.6 Å². The number of nitrogen functional groups attached to an aromatic ring is 1. The van der Waals surface area contributed by atoms with Crippen LogP contribution >= 0.6 is 0 Å². The quantitative estimate of drug-likeness (QED) is 0.458. The van der Waals surface area contributed by atoms with Gasteiger partial charge in [0.05, 0.1) is 6.10 Å². The Labute approximate surface area is 96.1 Å². The minimum atomic E-state index is -0.809. The van der Waals surface area contributed by atoms with Crippen LogP contribution in [0.25, 0.3) is 0 Å². The van der Waals surface area contributed by atoms with Crippen molar-refractivity contribution in [3.8, 4) is 0 Å². The SMILES string of the molecule is Nc1ccn([C@H]2C[C@H](O)[C@@H](COO)O2)c(=O)n1. The number of aromatic nitrogens is 2. The zero-order valence-corrected chi connectivity index (χ0v) is 8.89. The molecule has 2 heterocycles. The van der Waals surface area contributed by atoms with E-state index in [0.29, 0.717) is 0 Å². The molecule has 0 aliphatic carbocycles. The molecule has 3 atom stereocenters. The molecule has 0 amide bonds. The molecule has 2 rings (SSSR count). The van der Waals surface area contributed by atoms with Gasteiger partial charge in [-0.15, -0.1) is 0 Å². The summed E-state index contributed by atoms with van der Waals surface area (Å²) in [6.07, 6.45) is -0.444. The van der Waals surface area contributed by atoms with E-state index in [4.69, 9.17) is 15.7 Å². The van der Waals surface area contributed by atoms with Crippen LogP contribution in [0.4, 0.5) is 5.82 Å². The fourth-order valence-corrected chi connectivity index (χ4v) is 1.75. The fraction of sp³-hybridized carbons (Fsp3) is 0.556. The van der Waals surface area contributed by atoms with Crippen LogP contribution in [0.5, 0.6) is 0 Å². The Morgan fingerprint density at radius 3 is 3.12 bits per heavy atom. The molecular formula is C9H13N3O5. The second-order valence-corrected chi connectivity index (χ2v) is 3.77. The molecule has 17 heavy (non-hydrogen) atoms. The maximum atomic E-state index is 11.5. The second kappa shape index (κ2) is 4.80. The Kier molecular flexibility index (Phi) is 3.38. The topological polar surface area (TPSA) is 120 Å². The van der Waals surface area contributed by atoms with Crippen LogP contribution in [-0.4, -0.2) is 38.7 Å². The first-order valence-corrected chi connectivity index (χ1v) is 5.06. The summed E-state index contributed by atoms with van der Waals surface area (Å²) in [7, 11) is 0. The third-order valence-corrected chi connectivity index (χ3v) is 2.60. The van der Waals surface area contributed by atoms with Crippen LogP contribution in [0.3, 0.4) is 0 Å². The summed E-state index contributed by atoms with van der Waals surface area (Å²) >= 11 is 0. The number of aliphatic hydroxyl groups excluding tert-OH is 1. The van der Waals surface area contributed by atoms with Crippen LogP contribution in [0, 0.1) is 0 Å². The second-order valence-electron chi connectivity index (χ2n) is 3.77. The smallest absolute Gasteiger partial charge is 0.351 e. The molecule has 1 aliphatic rings. The van der Waals surface area contributed by atoms with E-state index in [2.05, 4.69) is 9.87 Å². The minimum absolute atomic E-state index is 0.125. The number of nitrogens with two attached hydrogens (primary N) is 1. The molecule has 1 aromatic heterocycles. The summed E-state index contributed by atoms with van der Waals surface area (Å²) in [6, 6.07) is 1.47. The van der Waals surface area contributed by atoms with Gasteiger partial charge in [-0.3, -0.25) is 9.82 Å². The Morgan fingerprint density at radius 2 is 2.47 bits per heavy atom. The highest BCUT2D eigenvalue weighted by Gasteiger charge is 2.35. The van der Waals surface area contributed by atoms with Gasteiger partial charge in [0.25, 0.3) is 0 Å². The lowest BCUT2D eigenvalue weighted by Crippen LogP contribution is -2.28. The minimum Gasteiger partial charge on any atom is -0.390 e. The molecule has 0 saturated carbocycles. The van der Waals surface area contributed by atoms with E-state index >= 15 is 0 Å². The molecule has 1 fully saturated rings. The highest BCUT2D eigenvalue weighted by molar-refractivity contribution is 5.23. The lowest BCUT2D eigenvalue weighted by atomic mass is 10.2. The zero-order chi connectivity index (χ0) is 12.4. The van der Waals surface area contributed by atoms with Crippen LogP contribution in [0.15, 0.2) is 17.1 Å². The van der Waals surface area contributed by atoms with Gasteiger partial charge in [-0.25, -0.2) is 9.68 Å². The van der Waals surface area contributed by atoms with Crippen molar-refractivity contribution in [1.29, 1.82) is 0 Å². The zero-order valence-electron chi connectivity index (χ0n) is 8.89. The third kappa shape index (κ3) is 2.44. The summed E-state index contributed by atoms with van der Waals surface area (Å²) < 4.78 is 6.60. The summed E-state index contributed by atoms with van der Waals surface area (Å²) in [5, 5.41) is 17.9. The highest BCUT2D eigenvalue weighted by Crippen LogP contribution is 2.27. The van der Waals surface area contributed by atoms with Crippen molar-refractivity contribution in [1.82, 2.24) is 9.55 Å². The third-order valence-electron chi connectivity index (χ3n) is 2.60. The normalized spacial score (nSPS) is 28.5. The first kappa shape index (κ1) is 12.0. The van der Waals surface area contributed by atoms with E-state index in [9.17, 15) is 9.90 Å². The molecule has 0 radical (unpaired) electrons. The number of rotatable bonds is 3. The van der Waals surface area contributed by atoms with Gasteiger partial charge in [-0.2, -0.15) is 4.98 Å². The van der Waals surface area contributed by atoms with Crippen molar-refractivity contribution >= 4 is 5.82 Å². The predicted molar refractivity (Wildman–Crippen MR) is 56.0 cm³/mol. The molecular weight excluding hydrogens is 230 g/mol. The largest absolute Gasteiger partial charge is 0.390 e. The number of ether oxygens (including phenoxy) is 1. The van der Waals surface area contributed by atoms with Crippen molar-refractivity contribution in [2.75, 3.05) is 12.3 Å². The summed E-state index contributed by atoms with van der Waals surface area (Å²) in [4.78, 5) is 19.0. The van der Waals surface area contributed by atoms with E-state index in [1.165, 1.54) is 16.8 Å². The first-order valence-electron chi connectivity index (χ1n) is 5.06. The van der Waals surface area contributed by atoms with Crippen molar-refractivity contribution in [2.45, 2.75) is 24.9 Å². The van der Waals surface area contributed by atoms with Crippen LogP contribution < -0.4 is 11.4 Å². The van der Waals surface area contributed by atoms with E-state index in [0.717, 1.165) is 0 Å². The molecule has 1 aliphatic heterocycles. The number of nitrogens with zero attached hydrogens (tertiary/aromatic N) is 2. The lowest BCUT2D eigenvalue weighted by molar-refractivity contribution is -0.264. The van der Waals surface area contributed by atoms with Crippen molar-refractivity contribution in [3.63, 3.8) is 0 Å². The number of hydrogen-bond acceptors (Lipinski definition) is 7. The van der Waals surface area contributed by atoms with E-state index in [-0.39, 0.29) is 18.8 Å². The molecule has 0 aromatic carbocycles. The van der Waals surface area contributed by atoms with Gasteiger partial charge in [0.15, 0.2) is 0 Å². The maximum absolute atomic E-state index is 11.5. The molecule has 8 nitrogen and oxygen atoms in total. The standard InChI is InChI=1S/C9H13N3O5/c10-7-1-2-12(9(14)11-7)8-3-5(13)6(17-8)4-16-15/h1-2,5-6,8,13,15H,3-4H2,(H2,10,11,14)/t5-,6+,8+/m0/s1. The number of aliphatic hydroxyl groups is 1. The van der Waals surface area contributed by atoms with E-state index in [1.54, 1.807) is 0 Å². The average molecular weight is 243 g/mol. The van der Waals surface area contributed by atoms with E-state index in [1.807, 2.05) is 0 Å². The first-order chi connectivity index (χ1) is 8.11. The monoisotopic (exact) mass is 243 g/mol. The average Bonchev–Trinajstić information content (AvgIpc) is 2.60. The highest BCUT2D eigenvalue weighted by atomic mass is 17.1. The van der Waals surface area contributed by atoms with Gasteiger partial charge in [0, 0.05) is 12.6 Å². The Bertz CT molecular complexity index is 449. The summed E-state index contributed by atoms with van der Waals surface area (Å²) in [6.45, 7) is -0.158. The van der Waals surface area contributed by atoms with Gasteiger partial charge in [-0.1, -0.05) is 0 Å². The van der Waals surface area contributed by atoms with Crippen LogP contribution in [0.2, 0.25) is 0 Å². The predicted octanol–water partition coefficient (Wildman–Crippen LogP) is -1.04. The number of hydrogen-bond donors (Lipinski definition) is 3. The molecule has 0 unspecified atom stereocenters. The van der Waals surface area contributed by atoms with Gasteiger partial charge in [-0.05, 0) is 6.07 Å². The van der Waals surface area contributed by atoms with E-state index < -0.39 is 24.1 Å². The Hall–Kier alpha value is -1.48. The fourth-order valence-electron chi connectivity index (χ4n) is 1.75. The molecule has 94 valence electrons. The molecule has 0 spiro atoms. The van der Waals surface area contributed by atoms with Crippen molar-refractivity contribution in [3.05, 3.63) is 22.7 Å². The van der Waals surface area contributed by atoms with Crippen molar-refractivity contribution < 1.29 is 20.0 Å². The summed E-state index contributed by atoms with van der Waals surface area (Å²) in [5.74, 6) is 0.125. The Morgan fingerprint density at radius 1 is 1.71 bits per heavy atom. The summed E-state index contributed by atoms with van der Waals surface area (Å²) in [5.41, 5.74) is 4.81. The molecule has 0 bridgehead atoms. The van der Waals surface area contributed by atoms with Gasteiger partial charge in [0.2, 0.25) is 0 Å². The number of anilines is 1. The van der Waals surface area contributed by atoms with Crippen molar-refractivity contribution in [2.24, 2.45) is 0 Å². The van der Waals surface area contributed by atoms with Crippen LogP contribution in [-0.2, 0) is 9.62 Å². The van der Waals surface area contributed by atoms with Gasteiger partial charge >= 0.3 is 5.69 Å². The van der Waals surface area contributed by atoms with Crippen LogP contribution in [0.1, 0.15) is 12.6 Å². The Balaban J connectivity index is 2.17. The molecule has 4 N–H and O–H groups in total. The van der Waals surface area contributed by atoms with Gasteiger partial charge in [0.1, 0.15) is 24.8 Å². The molecule has 1 aromatic rings. The molecule has 8 heteroatoms. The lowest BCUT2D eigenvalue weighted by Gasteiger charge is -2.14.